The Bertz CT molecular complexity index is 640. The second-order valence-corrected chi connectivity index (χ2v) is 7.37. The van der Waals surface area contributed by atoms with Gasteiger partial charge in [0.25, 0.3) is 5.56 Å². The Labute approximate surface area is 136 Å². The van der Waals surface area contributed by atoms with Gasteiger partial charge >= 0.3 is 0 Å². The highest BCUT2D eigenvalue weighted by molar-refractivity contribution is 7.13. The minimum atomic E-state index is 0.189. The molecule has 2 aromatic rings. The first-order valence-corrected chi connectivity index (χ1v) is 9.43. The maximum Gasteiger partial charge on any atom is 0.268 e. The number of nitrogens with zero attached hydrogens (tertiary/aromatic N) is 2. The van der Waals surface area contributed by atoms with Crippen LogP contribution in [0.25, 0.3) is 10.1 Å². The summed E-state index contributed by atoms with van der Waals surface area (Å²) in [6, 6.07) is 7.92. The molecule has 0 saturated carbocycles. The average Bonchev–Trinajstić information content (AvgIpc) is 2.88. The summed E-state index contributed by atoms with van der Waals surface area (Å²) >= 11 is 1.61. The molecule has 4 heteroatoms. The lowest BCUT2D eigenvalue weighted by Crippen LogP contribution is -2.30. The van der Waals surface area contributed by atoms with Crippen molar-refractivity contribution in [3.05, 3.63) is 34.6 Å². The summed E-state index contributed by atoms with van der Waals surface area (Å²) in [5.74, 6) is 0. The fraction of sp³-hybridized carbons (Fsp3) is 0.611. The van der Waals surface area contributed by atoms with Crippen LogP contribution in [-0.4, -0.2) is 28.5 Å². The van der Waals surface area contributed by atoms with E-state index in [1.54, 1.807) is 11.5 Å². The lowest BCUT2D eigenvalue weighted by atomic mass is 10.1. The molecule has 2 heterocycles. The molecule has 0 aliphatic carbocycles. The number of aromatic nitrogens is 1. The minimum Gasteiger partial charge on any atom is -0.303 e. The fourth-order valence-electron chi connectivity index (χ4n) is 3.29. The summed E-state index contributed by atoms with van der Waals surface area (Å²) in [6.07, 6.45) is 9.13. The van der Waals surface area contributed by atoms with E-state index < -0.39 is 0 Å². The normalized spacial score (nSPS) is 16.4. The van der Waals surface area contributed by atoms with Crippen LogP contribution in [0.5, 0.6) is 0 Å². The van der Waals surface area contributed by atoms with Crippen molar-refractivity contribution < 1.29 is 0 Å². The van der Waals surface area contributed by atoms with Gasteiger partial charge in [-0.25, -0.2) is 0 Å². The van der Waals surface area contributed by atoms with Crippen LogP contribution in [0.3, 0.4) is 0 Å². The van der Waals surface area contributed by atoms with Gasteiger partial charge in [-0.3, -0.25) is 8.75 Å². The highest BCUT2D eigenvalue weighted by atomic mass is 32.1. The zero-order valence-corrected chi connectivity index (χ0v) is 14.1. The zero-order chi connectivity index (χ0) is 15.2. The number of likely N-dealkylation sites (tertiary alicyclic amines) is 1. The van der Waals surface area contributed by atoms with Crippen LogP contribution < -0.4 is 5.56 Å². The number of piperidine rings is 1. The smallest absolute Gasteiger partial charge is 0.268 e. The standard InChI is InChI=1S/C18H26N2OS/c21-18-16-10-4-5-11-17(16)22-20(18)15-9-2-1-6-12-19-13-7-3-8-14-19/h4-5,10-11H,1-3,6-9,12-15H2. The molecule has 1 aromatic carbocycles. The van der Waals surface area contributed by atoms with Crippen LogP contribution in [0, 0.1) is 0 Å². The van der Waals surface area contributed by atoms with Crippen molar-refractivity contribution in [3.8, 4) is 0 Å². The Kier molecular flexibility index (Phi) is 5.68. The summed E-state index contributed by atoms with van der Waals surface area (Å²) in [5.41, 5.74) is 0.189. The quantitative estimate of drug-likeness (QED) is 0.718. The van der Waals surface area contributed by atoms with E-state index in [2.05, 4.69) is 4.90 Å². The van der Waals surface area contributed by atoms with E-state index in [1.807, 2.05) is 28.2 Å². The lowest BCUT2D eigenvalue weighted by Gasteiger charge is -2.26. The molecule has 0 radical (unpaired) electrons. The average molecular weight is 318 g/mol. The molecule has 22 heavy (non-hydrogen) atoms. The predicted octanol–water partition coefficient (Wildman–Crippen LogP) is 4.11. The molecule has 120 valence electrons. The molecular weight excluding hydrogens is 292 g/mol. The fourth-order valence-corrected chi connectivity index (χ4v) is 4.32. The number of rotatable bonds is 7. The molecule has 3 rings (SSSR count). The molecule has 0 unspecified atom stereocenters. The molecule has 1 aliphatic heterocycles. The molecule has 0 bridgehead atoms. The van der Waals surface area contributed by atoms with Crippen LogP contribution in [0.2, 0.25) is 0 Å². The molecule has 1 saturated heterocycles. The van der Waals surface area contributed by atoms with Crippen LogP contribution in [0.4, 0.5) is 0 Å². The first-order valence-electron chi connectivity index (χ1n) is 8.66. The number of hydrogen-bond acceptors (Lipinski definition) is 3. The predicted molar refractivity (Wildman–Crippen MR) is 94.8 cm³/mol. The molecule has 0 spiro atoms. The Hall–Kier alpha value is -1.13. The topological polar surface area (TPSA) is 25.2 Å². The SMILES string of the molecule is O=c1c2ccccc2sn1CCCCCCN1CCCCC1. The summed E-state index contributed by atoms with van der Waals surface area (Å²) in [4.78, 5) is 14.8. The van der Waals surface area contributed by atoms with Gasteiger partial charge in [-0.1, -0.05) is 42.9 Å². The molecule has 3 nitrogen and oxygen atoms in total. The summed E-state index contributed by atoms with van der Waals surface area (Å²) in [7, 11) is 0. The van der Waals surface area contributed by atoms with Gasteiger partial charge in [0.2, 0.25) is 0 Å². The van der Waals surface area contributed by atoms with Gasteiger partial charge in [-0.15, -0.1) is 0 Å². The molecule has 1 aliphatic rings. The lowest BCUT2D eigenvalue weighted by molar-refractivity contribution is 0.224. The van der Waals surface area contributed by atoms with E-state index in [4.69, 9.17) is 0 Å². The number of hydrogen-bond donors (Lipinski definition) is 0. The Balaban J connectivity index is 1.37. The van der Waals surface area contributed by atoms with Crippen molar-refractivity contribution in [2.24, 2.45) is 0 Å². The molecule has 1 fully saturated rings. The highest BCUT2D eigenvalue weighted by Gasteiger charge is 2.09. The third-order valence-electron chi connectivity index (χ3n) is 4.59. The second-order valence-electron chi connectivity index (χ2n) is 6.31. The van der Waals surface area contributed by atoms with Gasteiger partial charge in [-0.2, -0.15) is 0 Å². The van der Waals surface area contributed by atoms with Gasteiger partial charge in [0, 0.05) is 6.54 Å². The number of unbranched alkanes of at least 4 members (excludes halogenated alkanes) is 3. The van der Waals surface area contributed by atoms with E-state index in [9.17, 15) is 4.79 Å². The van der Waals surface area contributed by atoms with Crippen molar-refractivity contribution in [1.29, 1.82) is 0 Å². The van der Waals surface area contributed by atoms with Gasteiger partial charge in [-0.05, 0) is 57.5 Å². The second kappa shape index (κ2) is 7.93. The van der Waals surface area contributed by atoms with E-state index >= 15 is 0 Å². The third kappa shape index (κ3) is 3.99. The maximum absolute atomic E-state index is 12.2. The van der Waals surface area contributed by atoms with E-state index in [-0.39, 0.29) is 5.56 Å². The number of aryl methyl sites for hydroxylation is 1. The first-order chi connectivity index (χ1) is 10.8. The third-order valence-corrected chi connectivity index (χ3v) is 5.71. The van der Waals surface area contributed by atoms with Gasteiger partial charge in [0.05, 0.1) is 10.1 Å². The van der Waals surface area contributed by atoms with Crippen LogP contribution >= 0.6 is 11.5 Å². The highest BCUT2D eigenvalue weighted by Crippen LogP contribution is 2.16. The van der Waals surface area contributed by atoms with Crippen molar-refractivity contribution in [1.82, 2.24) is 8.86 Å². The van der Waals surface area contributed by atoms with Crippen LogP contribution in [0.15, 0.2) is 29.1 Å². The molecule has 0 atom stereocenters. The van der Waals surface area contributed by atoms with E-state index in [1.165, 1.54) is 58.2 Å². The first kappa shape index (κ1) is 15.8. The van der Waals surface area contributed by atoms with Crippen molar-refractivity contribution in [2.45, 2.75) is 51.5 Å². The molecule has 0 amide bonds. The Morgan fingerprint density at radius 3 is 2.41 bits per heavy atom. The molecule has 0 N–H and O–H groups in total. The monoisotopic (exact) mass is 318 g/mol. The van der Waals surface area contributed by atoms with Crippen molar-refractivity contribution in [3.63, 3.8) is 0 Å². The van der Waals surface area contributed by atoms with Gasteiger partial charge in [0.1, 0.15) is 0 Å². The number of benzene rings is 1. The molecule has 1 aromatic heterocycles. The van der Waals surface area contributed by atoms with Gasteiger partial charge < -0.3 is 4.90 Å². The van der Waals surface area contributed by atoms with Crippen molar-refractivity contribution in [2.75, 3.05) is 19.6 Å². The van der Waals surface area contributed by atoms with Crippen LogP contribution in [-0.2, 0) is 6.54 Å². The Morgan fingerprint density at radius 1 is 0.909 bits per heavy atom. The minimum absolute atomic E-state index is 0.189. The van der Waals surface area contributed by atoms with Gasteiger partial charge in [0.15, 0.2) is 0 Å². The summed E-state index contributed by atoms with van der Waals surface area (Å²) in [5, 5.41) is 0.873. The largest absolute Gasteiger partial charge is 0.303 e. The maximum atomic E-state index is 12.2. The number of fused-ring (bicyclic) bond motifs is 1. The zero-order valence-electron chi connectivity index (χ0n) is 13.3. The van der Waals surface area contributed by atoms with Crippen LogP contribution in [0.1, 0.15) is 44.9 Å². The summed E-state index contributed by atoms with van der Waals surface area (Å²) < 4.78 is 3.03. The molecular formula is C18H26N2OS. The van der Waals surface area contributed by atoms with E-state index in [0.29, 0.717) is 0 Å². The van der Waals surface area contributed by atoms with Crippen molar-refractivity contribution >= 4 is 21.6 Å². The Morgan fingerprint density at radius 2 is 1.64 bits per heavy atom. The van der Waals surface area contributed by atoms with E-state index in [0.717, 1.165) is 23.1 Å². The summed E-state index contributed by atoms with van der Waals surface area (Å²) in [6.45, 7) is 4.75.